The number of rotatable bonds is 9. The minimum Gasteiger partial charge on any atom is -0.491 e. The number of hydrogen-bond acceptors (Lipinski definition) is 5. The van der Waals surface area contributed by atoms with E-state index in [2.05, 4.69) is 9.62 Å². The Balaban J connectivity index is 1.70. The molecule has 1 aliphatic carbocycles. The Kier molecular flexibility index (Phi) is 6.59. The molecule has 2 aliphatic rings. The standard InChI is InChI=1S/C25H27F3N2O5S/c1-4-30(5-2)12-6-7-15-13-16(26)8-11-19(15)36(33,34)29-18-10-9-17-21(20(18)23(31)32)35-14-24(3)22(17)25(24,27)28/h6-11,13,22,29H,4-5,12,14H2,1-3H3,(H,31,32). The molecule has 2 aromatic rings. The highest BCUT2D eigenvalue weighted by Crippen LogP contribution is 2.74. The predicted octanol–water partition coefficient (Wildman–Crippen LogP) is 4.81. The summed E-state index contributed by atoms with van der Waals surface area (Å²) >= 11 is 0. The van der Waals surface area contributed by atoms with E-state index >= 15 is 0 Å². The fraction of sp³-hybridized carbons (Fsp3) is 0.400. The van der Waals surface area contributed by atoms with Crippen LogP contribution >= 0.6 is 0 Å². The van der Waals surface area contributed by atoms with Crippen LogP contribution in [0.4, 0.5) is 18.9 Å². The summed E-state index contributed by atoms with van der Waals surface area (Å²) in [6.07, 6.45) is 3.20. The minimum atomic E-state index is -4.39. The molecule has 0 amide bonds. The van der Waals surface area contributed by atoms with Gasteiger partial charge in [0.2, 0.25) is 0 Å². The van der Waals surface area contributed by atoms with Crippen molar-refractivity contribution in [3.63, 3.8) is 0 Å². The van der Waals surface area contributed by atoms with Gasteiger partial charge in [-0.2, -0.15) is 0 Å². The number of sulfonamides is 1. The molecule has 0 aromatic heterocycles. The minimum absolute atomic E-state index is 0.0240. The molecular weight excluding hydrogens is 497 g/mol. The van der Waals surface area contributed by atoms with Crippen molar-refractivity contribution >= 4 is 27.8 Å². The summed E-state index contributed by atoms with van der Waals surface area (Å²) < 4.78 is 77.0. The van der Waals surface area contributed by atoms with E-state index in [0.29, 0.717) is 6.54 Å². The molecule has 0 spiro atoms. The summed E-state index contributed by atoms with van der Waals surface area (Å²) in [6, 6.07) is 5.54. The Morgan fingerprint density at radius 2 is 1.94 bits per heavy atom. The molecule has 1 fully saturated rings. The Morgan fingerprint density at radius 1 is 1.25 bits per heavy atom. The number of carbonyl (C=O) groups is 1. The third kappa shape index (κ3) is 4.24. The van der Waals surface area contributed by atoms with Crippen molar-refractivity contribution in [1.82, 2.24) is 4.90 Å². The molecule has 1 heterocycles. The van der Waals surface area contributed by atoms with Crippen LogP contribution in [0.3, 0.4) is 0 Å². The van der Waals surface area contributed by atoms with Crippen molar-refractivity contribution in [3.05, 3.63) is 58.9 Å². The Labute approximate surface area is 207 Å². The molecule has 1 aliphatic heterocycles. The second-order valence-corrected chi connectivity index (χ2v) is 10.8. The van der Waals surface area contributed by atoms with Crippen molar-refractivity contribution in [2.24, 2.45) is 5.41 Å². The third-order valence-electron chi connectivity index (χ3n) is 6.97. The van der Waals surface area contributed by atoms with Crippen LogP contribution in [0.15, 0.2) is 41.3 Å². The van der Waals surface area contributed by atoms with E-state index in [-0.39, 0.29) is 27.5 Å². The molecule has 36 heavy (non-hydrogen) atoms. The summed E-state index contributed by atoms with van der Waals surface area (Å²) in [5, 5.41) is 9.82. The molecule has 2 unspecified atom stereocenters. The van der Waals surface area contributed by atoms with Gasteiger partial charge in [-0.15, -0.1) is 0 Å². The number of benzene rings is 2. The van der Waals surface area contributed by atoms with Crippen molar-refractivity contribution < 1.29 is 36.2 Å². The van der Waals surface area contributed by atoms with Gasteiger partial charge in [-0.3, -0.25) is 4.72 Å². The molecule has 2 atom stereocenters. The first-order valence-corrected chi connectivity index (χ1v) is 13.0. The van der Waals surface area contributed by atoms with E-state index in [1.165, 1.54) is 19.1 Å². The number of likely N-dealkylation sites (N-methyl/N-ethyl adjacent to an activating group) is 1. The highest BCUT2D eigenvalue weighted by molar-refractivity contribution is 7.92. The van der Waals surface area contributed by atoms with Gasteiger partial charge in [-0.25, -0.2) is 26.4 Å². The average Bonchev–Trinajstić information content (AvgIpc) is 3.28. The van der Waals surface area contributed by atoms with Crippen LogP contribution in [0.5, 0.6) is 5.75 Å². The Hall–Kier alpha value is -3.05. The zero-order valence-electron chi connectivity index (χ0n) is 20.0. The van der Waals surface area contributed by atoms with Crippen molar-refractivity contribution in [2.75, 3.05) is 31.0 Å². The maximum atomic E-state index is 14.4. The molecule has 7 nitrogen and oxygen atoms in total. The lowest BCUT2D eigenvalue weighted by atomic mass is 9.95. The number of ether oxygens (including phenoxy) is 1. The number of hydrogen-bond donors (Lipinski definition) is 2. The zero-order valence-corrected chi connectivity index (χ0v) is 20.8. The second kappa shape index (κ2) is 9.11. The largest absolute Gasteiger partial charge is 0.491 e. The van der Waals surface area contributed by atoms with E-state index in [4.69, 9.17) is 4.74 Å². The van der Waals surface area contributed by atoms with E-state index < -0.39 is 51.2 Å². The molecule has 2 aromatic carbocycles. The van der Waals surface area contributed by atoms with Crippen LogP contribution in [-0.2, 0) is 10.0 Å². The molecular formula is C25H27F3N2O5S. The van der Waals surface area contributed by atoms with Gasteiger partial charge in [-0.05, 0) is 49.8 Å². The number of carboxylic acids is 1. The van der Waals surface area contributed by atoms with Crippen molar-refractivity contribution in [3.8, 4) is 5.75 Å². The molecule has 0 bridgehead atoms. The number of halogens is 3. The highest BCUT2D eigenvalue weighted by Gasteiger charge is 2.80. The number of nitrogens with zero attached hydrogens (tertiary/aromatic N) is 1. The average molecular weight is 525 g/mol. The van der Waals surface area contributed by atoms with E-state index in [1.54, 1.807) is 6.08 Å². The zero-order chi connectivity index (χ0) is 26.5. The lowest BCUT2D eigenvalue weighted by Gasteiger charge is -2.23. The molecule has 194 valence electrons. The van der Waals surface area contributed by atoms with E-state index in [0.717, 1.165) is 37.4 Å². The van der Waals surface area contributed by atoms with E-state index in [9.17, 15) is 31.5 Å². The first-order valence-electron chi connectivity index (χ1n) is 11.5. The van der Waals surface area contributed by atoms with Crippen LogP contribution in [0.1, 0.15) is 48.2 Å². The Bertz CT molecular complexity index is 1340. The van der Waals surface area contributed by atoms with Gasteiger partial charge in [0.15, 0.2) is 0 Å². The predicted molar refractivity (Wildman–Crippen MR) is 129 cm³/mol. The molecule has 4 rings (SSSR count). The number of anilines is 1. The lowest BCUT2D eigenvalue weighted by Crippen LogP contribution is -2.23. The van der Waals surface area contributed by atoms with Gasteiger partial charge in [0.1, 0.15) is 23.7 Å². The van der Waals surface area contributed by atoms with Crippen LogP contribution in [0.25, 0.3) is 6.08 Å². The summed E-state index contributed by atoms with van der Waals surface area (Å²) in [5.74, 6) is -6.72. The molecule has 0 radical (unpaired) electrons. The number of aromatic carboxylic acids is 1. The van der Waals surface area contributed by atoms with Crippen molar-refractivity contribution in [2.45, 2.75) is 37.5 Å². The third-order valence-corrected chi connectivity index (χ3v) is 8.41. The van der Waals surface area contributed by atoms with E-state index in [1.807, 2.05) is 13.8 Å². The lowest BCUT2D eigenvalue weighted by molar-refractivity contribution is 0.0510. The van der Waals surface area contributed by atoms with Crippen LogP contribution in [0, 0.1) is 11.2 Å². The topological polar surface area (TPSA) is 95.9 Å². The van der Waals surface area contributed by atoms with Crippen LogP contribution < -0.4 is 9.46 Å². The summed E-state index contributed by atoms with van der Waals surface area (Å²) in [4.78, 5) is 13.9. The summed E-state index contributed by atoms with van der Waals surface area (Å²) in [6.45, 7) is 7.00. The van der Waals surface area contributed by atoms with Crippen LogP contribution in [0.2, 0.25) is 0 Å². The number of nitrogens with one attached hydrogen (secondary N) is 1. The monoisotopic (exact) mass is 524 g/mol. The molecule has 1 saturated carbocycles. The van der Waals surface area contributed by atoms with Gasteiger partial charge in [0.25, 0.3) is 15.9 Å². The molecule has 11 heteroatoms. The quantitative estimate of drug-likeness (QED) is 0.489. The number of carboxylic acid groups (broad SMARTS) is 1. The molecule has 0 saturated heterocycles. The van der Waals surface area contributed by atoms with Gasteiger partial charge < -0.3 is 14.7 Å². The maximum absolute atomic E-state index is 14.4. The van der Waals surface area contributed by atoms with Gasteiger partial charge in [0, 0.05) is 12.1 Å². The SMILES string of the molecule is CCN(CC)CC=Cc1cc(F)ccc1S(=O)(=O)Nc1ccc2c(c1C(=O)O)OCC1(C)C2C1(F)F. The van der Waals surface area contributed by atoms with Crippen molar-refractivity contribution in [1.29, 1.82) is 0 Å². The van der Waals surface area contributed by atoms with Crippen LogP contribution in [-0.4, -0.2) is 56.6 Å². The fourth-order valence-electron chi connectivity index (χ4n) is 4.71. The number of alkyl halides is 2. The highest BCUT2D eigenvalue weighted by atomic mass is 32.2. The van der Waals surface area contributed by atoms with Gasteiger partial charge >= 0.3 is 5.97 Å². The second-order valence-electron chi connectivity index (χ2n) is 9.15. The Morgan fingerprint density at radius 3 is 2.58 bits per heavy atom. The number of fused-ring (bicyclic) bond motifs is 3. The summed E-state index contributed by atoms with van der Waals surface area (Å²) in [5.41, 5.74) is -2.22. The smallest absolute Gasteiger partial charge is 0.341 e. The van der Waals surface area contributed by atoms with Gasteiger partial charge in [-0.1, -0.05) is 32.1 Å². The molecule has 2 N–H and O–H groups in total. The first-order chi connectivity index (χ1) is 16.9. The first kappa shape index (κ1) is 26.0. The fourth-order valence-corrected chi connectivity index (χ4v) is 5.96. The van der Waals surface area contributed by atoms with Gasteiger partial charge in [0.05, 0.1) is 21.9 Å². The normalized spacial score (nSPS) is 22.1. The summed E-state index contributed by atoms with van der Waals surface area (Å²) in [7, 11) is -4.39. The maximum Gasteiger partial charge on any atom is 0.341 e.